The van der Waals surface area contributed by atoms with E-state index in [0.29, 0.717) is 0 Å². The van der Waals surface area contributed by atoms with Crippen LogP contribution in [0.3, 0.4) is 0 Å². The molecular weight excluding hydrogens is 399 g/mol. The van der Waals surface area contributed by atoms with E-state index in [0.717, 1.165) is 0 Å². The first kappa shape index (κ1) is 74.3. The third-order valence-corrected chi connectivity index (χ3v) is 0. The van der Waals surface area contributed by atoms with Crippen LogP contribution in [0.4, 0.5) is 0 Å². The van der Waals surface area contributed by atoms with Gasteiger partial charge >= 0.3 is 86.6 Å². The van der Waals surface area contributed by atoms with Crippen LogP contribution in [0.25, 0.3) is 0 Å². The SMILES string of the molecule is [AlH3].[BaH2].[CaH2].[Fe].[Mn].[SiH4].[SiH4].[SiH4]. The Morgan fingerprint density at radius 2 is 0.750 bits per heavy atom. The molecule has 0 saturated heterocycles. The largest absolute Gasteiger partial charge is 0.0149 e. The molecule has 0 rings (SSSR count). The zero-order valence-electron chi connectivity index (χ0n) is 0.732. The second-order valence-corrected chi connectivity index (χ2v) is 0. The van der Waals surface area contributed by atoms with Gasteiger partial charge in [0.15, 0.2) is 17.4 Å². The van der Waals surface area contributed by atoms with E-state index >= 15 is 0 Å². The fourth-order valence-electron chi connectivity index (χ4n) is 0. The molecule has 0 fully saturated rings. The molecule has 0 aliphatic carbocycles. The summed E-state index contributed by atoms with van der Waals surface area (Å²) in [6.45, 7) is 0. The van der Waals surface area contributed by atoms with E-state index in [1.807, 2.05) is 0 Å². The minimum atomic E-state index is 0. The van der Waals surface area contributed by atoms with Gasteiger partial charge in [-0.15, -0.1) is 0 Å². The van der Waals surface area contributed by atoms with Crippen molar-refractivity contribution < 1.29 is 34.1 Å². The maximum atomic E-state index is 0. The Hall–Kier alpha value is 5.05. The molecule has 0 spiro atoms. The Morgan fingerprint density at radius 3 is 0.750 bits per heavy atom. The summed E-state index contributed by atoms with van der Waals surface area (Å²) in [6, 6.07) is 0. The molecule has 8 heavy (non-hydrogen) atoms. The van der Waals surface area contributed by atoms with Crippen molar-refractivity contribution in [3.8, 4) is 0 Å². The van der Waals surface area contributed by atoms with Crippen molar-refractivity contribution in [2.75, 3.05) is 0 Å². The molecule has 0 aromatic carbocycles. The Balaban J connectivity index is 0. The second-order valence-electron chi connectivity index (χ2n) is 0. The molecule has 0 saturated carbocycles. The monoisotopic (exact) mass is 419 g/mol. The van der Waals surface area contributed by atoms with Crippen LogP contribution in [0.2, 0.25) is 0 Å². The van der Waals surface area contributed by atoms with Gasteiger partial charge in [0.1, 0.15) is 0 Å². The van der Waals surface area contributed by atoms with Crippen molar-refractivity contribution in [2.45, 2.75) is 0 Å². The van der Waals surface area contributed by atoms with Gasteiger partial charge < -0.3 is 0 Å². The fourth-order valence-corrected chi connectivity index (χ4v) is 0. The zero-order valence-corrected chi connectivity index (χ0v) is 3.02. The van der Waals surface area contributed by atoms with Gasteiger partial charge in [0.05, 0.1) is 0 Å². The van der Waals surface area contributed by atoms with Gasteiger partial charge in [-0.3, -0.25) is 0 Å². The Labute approximate surface area is 166 Å². The molecule has 0 heterocycles. The van der Waals surface area contributed by atoms with Crippen LogP contribution < -0.4 is 0 Å². The minimum Gasteiger partial charge on any atom is -0.0149 e. The first-order valence-corrected chi connectivity index (χ1v) is 0. The molecule has 0 aromatic heterocycles. The van der Waals surface area contributed by atoms with Crippen LogP contribution in [0.1, 0.15) is 0 Å². The predicted molar refractivity (Wildman–Crippen MR) is 61.0 cm³/mol. The second kappa shape index (κ2) is 57.7. The van der Waals surface area contributed by atoms with E-state index in [-0.39, 0.29) is 171 Å². The summed E-state index contributed by atoms with van der Waals surface area (Å²) in [5, 5.41) is 0. The van der Waals surface area contributed by atoms with Gasteiger partial charge in [0.25, 0.3) is 0 Å². The van der Waals surface area contributed by atoms with Crippen LogP contribution in [-0.4, -0.2) is 137 Å². The number of rotatable bonds is 0. The third kappa shape index (κ3) is 43.7. The molecule has 53 valence electrons. The standard InChI is InChI=1S/Al.Ba.Ca.Fe.Mn.3H4Si.7H/h;;;;;3*1H4;;;;;;;. The Bertz CT molecular complexity index is 19.2. The summed E-state index contributed by atoms with van der Waals surface area (Å²) in [4.78, 5) is 0. The maximum Gasteiger partial charge on any atom is 0 e. The fraction of sp³-hybridized carbons (Fsp3) is 0. The summed E-state index contributed by atoms with van der Waals surface area (Å²) in [6.07, 6.45) is 0. The maximum absolute atomic E-state index is 0. The zero-order chi connectivity index (χ0) is 0. The molecule has 0 aliphatic heterocycles. The van der Waals surface area contributed by atoms with E-state index in [4.69, 9.17) is 0 Å². The normalized spacial score (nSPS) is 0. The van der Waals surface area contributed by atoms with Crippen molar-refractivity contribution in [2.24, 2.45) is 0 Å². The average Bonchev–Trinajstić information content (AvgIpc) is 0. The van der Waals surface area contributed by atoms with Crippen molar-refractivity contribution in [3.05, 3.63) is 0 Å². The van der Waals surface area contributed by atoms with Crippen molar-refractivity contribution in [1.82, 2.24) is 0 Å². The first-order chi connectivity index (χ1) is 0. The smallest absolute Gasteiger partial charge is 0 e. The van der Waals surface area contributed by atoms with E-state index in [1.54, 1.807) is 0 Å². The Morgan fingerprint density at radius 1 is 0.750 bits per heavy atom. The summed E-state index contributed by atoms with van der Waals surface area (Å²) < 4.78 is 0. The molecule has 0 unspecified atom stereocenters. The van der Waals surface area contributed by atoms with Crippen LogP contribution in [0.5, 0.6) is 0 Å². The first-order valence-electron chi connectivity index (χ1n) is 0. The van der Waals surface area contributed by atoms with E-state index in [2.05, 4.69) is 0 Å². The topological polar surface area (TPSA) is 0 Å². The average molecular weight is 419 g/mol. The quantitative estimate of drug-likeness (QED) is 0.343. The van der Waals surface area contributed by atoms with Crippen molar-refractivity contribution >= 4 is 137 Å². The summed E-state index contributed by atoms with van der Waals surface area (Å²) in [5.74, 6) is 0. The molecule has 0 nitrogen and oxygen atoms in total. The van der Waals surface area contributed by atoms with Gasteiger partial charge in [0.2, 0.25) is 0 Å². The van der Waals surface area contributed by atoms with Crippen LogP contribution >= 0.6 is 0 Å². The van der Waals surface area contributed by atoms with E-state index < -0.39 is 0 Å². The Kier molecular flexibility index (Phi) is 535. The van der Waals surface area contributed by atoms with Gasteiger partial charge in [-0.1, -0.05) is 0 Å². The molecule has 0 bridgehead atoms. The van der Waals surface area contributed by atoms with Crippen LogP contribution in [0, 0.1) is 0 Å². The van der Waals surface area contributed by atoms with Gasteiger partial charge in [-0.2, -0.15) is 0 Å². The summed E-state index contributed by atoms with van der Waals surface area (Å²) in [5.41, 5.74) is 0. The molecule has 8 heteroatoms. The van der Waals surface area contributed by atoms with Gasteiger partial charge in [0, 0.05) is 34.1 Å². The van der Waals surface area contributed by atoms with Gasteiger partial charge in [-0.25, -0.2) is 0 Å². The van der Waals surface area contributed by atoms with Crippen molar-refractivity contribution in [3.63, 3.8) is 0 Å². The summed E-state index contributed by atoms with van der Waals surface area (Å²) >= 11 is 0. The van der Waals surface area contributed by atoms with Gasteiger partial charge in [-0.05, 0) is 32.9 Å². The molecule has 1 radical (unpaired) electrons. The molecule has 0 atom stereocenters. The number of hydrogen-bond acceptors (Lipinski definition) is 0. The predicted octanol–water partition coefficient (Wildman–Crippen LogP) is -7.38. The third-order valence-electron chi connectivity index (χ3n) is 0. The van der Waals surface area contributed by atoms with Crippen LogP contribution in [-0.2, 0) is 34.1 Å². The van der Waals surface area contributed by atoms with E-state index in [9.17, 15) is 0 Å². The summed E-state index contributed by atoms with van der Waals surface area (Å²) in [7, 11) is 0. The molecule has 0 N–H and O–H groups in total. The molecular formula is H19AlBaCaFeMnSi3. The molecule has 0 amide bonds. The molecule has 0 aliphatic rings. The van der Waals surface area contributed by atoms with Crippen LogP contribution in [0.15, 0.2) is 0 Å². The number of hydrogen-bond donors (Lipinski definition) is 0. The van der Waals surface area contributed by atoms with E-state index in [1.165, 1.54) is 0 Å². The minimum absolute atomic E-state index is 0. The van der Waals surface area contributed by atoms with Crippen molar-refractivity contribution in [1.29, 1.82) is 0 Å². The molecule has 0 aromatic rings.